The highest BCUT2D eigenvalue weighted by atomic mass is 31.2. The molecular formula is C24H31F3N7O7P. The van der Waals surface area contributed by atoms with E-state index >= 15 is 4.39 Å². The van der Waals surface area contributed by atoms with E-state index in [0.29, 0.717) is 0 Å². The number of nitrogens with two attached hydrogens (primary N) is 1. The van der Waals surface area contributed by atoms with Crippen molar-refractivity contribution in [3.05, 3.63) is 36.7 Å². The Balaban J connectivity index is 1.62. The monoisotopic (exact) mass is 617 g/mol. The summed E-state index contributed by atoms with van der Waals surface area (Å²) in [4.78, 5) is 24.3. The molecule has 1 saturated heterocycles. The maximum atomic E-state index is 16.0. The number of carbonyl (C=O) groups is 1. The lowest BCUT2D eigenvalue weighted by atomic mass is 9.96. The van der Waals surface area contributed by atoms with Crippen LogP contribution in [0.15, 0.2) is 36.7 Å². The summed E-state index contributed by atoms with van der Waals surface area (Å²) >= 11 is 0. The minimum absolute atomic E-state index is 0.0680. The van der Waals surface area contributed by atoms with E-state index in [-0.39, 0.29) is 28.7 Å². The molecule has 0 aliphatic carbocycles. The lowest BCUT2D eigenvalue weighted by molar-refractivity contribution is -0.149. The van der Waals surface area contributed by atoms with Gasteiger partial charge in [0.2, 0.25) is 11.6 Å². The first-order valence-corrected chi connectivity index (χ1v) is 14.3. The van der Waals surface area contributed by atoms with Gasteiger partial charge in [0, 0.05) is 7.05 Å². The van der Waals surface area contributed by atoms with E-state index < -0.39 is 63.0 Å². The van der Waals surface area contributed by atoms with Crippen molar-refractivity contribution in [3.8, 4) is 5.75 Å². The van der Waals surface area contributed by atoms with Gasteiger partial charge in [-0.05, 0) is 32.9 Å². The molecule has 0 saturated carbocycles. The number of aliphatic hydroxyl groups is 1. The Bertz CT molecular complexity index is 1450. The number of aliphatic hydroxyl groups excluding tert-OH is 1. The van der Waals surface area contributed by atoms with Gasteiger partial charge in [0.25, 0.3) is 6.43 Å². The maximum absolute atomic E-state index is 16.0. The largest absolute Gasteiger partial charge is 0.462 e. The highest BCUT2D eigenvalue weighted by Crippen LogP contribution is 2.50. The van der Waals surface area contributed by atoms with Gasteiger partial charge in [-0.15, -0.1) is 0 Å². The Labute approximate surface area is 238 Å². The number of rotatable bonds is 12. The third kappa shape index (κ3) is 6.29. The molecule has 3 aromatic rings. The second-order valence-electron chi connectivity index (χ2n) is 9.64. The van der Waals surface area contributed by atoms with E-state index in [0.717, 1.165) is 10.9 Å². The molecule has 5 N–H and O–H groups in total. The van der Waals surface area contributed by atoms with Crippen LogP contribution in [0.1, 0.15) is 27.0 Å². The van der Waals surface area contributed by atoms with Crippen LogP contribution in [0.2, 0.25) is 0 Å². The Morgan fingerprint density at radius 3 is 2.57 bits per heavy atom. The van der Waals surface area contributed by atoms with Gasteiger partial charge in [0.15, 0.2) is 23.2 Å². The standard InChI is InChI=1S/C24H31F3N7O7P/c1-12(2)39-20(36)13(3)33-42(37,41-14-8-6-5-7-9-14)38-10-15-17(35)24(27,21(25)26)22(40-15)34-11-30-16-18(29-4)31-23(28)32-19(16)34/h5-9,11-13,15,17,21-22,35H,10H2,1-4H3,(H,33,37)(H3,28,29,31,32)/t13-,15+,17+,22+,24-,42-/m0/s1. The number of nitrogens with one attached hydrogen (secondary N) is 2. The first-order valence-electron chi connectivity index (χ1n) is 12.7. The van der Waals surface area contributed by atoms with Crippen molar-refractivity contribution in [1.29, 1.82) is 0 Å². The fourth-order valence-electron chi connectivity index (χ4n) is 4.21. The molecule has 18 heteroatoms. The summed E-state index contributed by atoms with van der Waals surface area (Å²) in [5.41, 5.74) is 1.96. The second-order valence-corrected chi connectivity index (χ2v) is 11.3. The molecule has 14 nitrogen and oxygen atoms in total. The lowest BCUT2D eigenvalue weighted by Gasteiger charge is -2.28. The fraction of sp³-hybridized carbons (Fsp3) is 0.500. The average Bonchev–Trinajstić information content (AvgIpc) is 3.45. The van der Waals surface area contributed by atoms with E-state index in [9.17, 15) is 23.2 Å². The van der Waals surface area contributed by atoms with Gasteiger partial charge in [0.1, 0.15) is 24.0 Å². The van der Waals surface area contributed by atoms with E-state index in [1.165, 1.54) is 26.1 Å². The summed E-state index contributed by atoms with van der Waals surface area (Å²) < 4.78 is 80.7. The molecule has 0 spiro atoms. The predicted octanol–water partition coefficient (Wildman–Crippen LogP) is 2.82. The summed E-state index contributed by atoms with van der Waals surface area (Å²) in [7, 11) is -2.98. The summed E-state index contributed by atoms with van der Waals surface area (Å²) in [6.07, 6.45) is -9.67. The zero-order valence-electron chi connectivity index (χ0n) is 23.0. The van der Waals surface area contributed by atoms with Crippen LogP contribution < -0.4 is 20.7 Å². The van der Waals surface area contributed by atoms with Gasteiger partial charge in [-0.25, -0.2) is 22.7 Å². The number of anilines is 2. The van der Waals surface area contributed by atoms with Crippen molar-refractivity contribution < 1.29 is 46.2 Å². The van der Waals surface area contributed by atoms with Crippen molar-refractivity contribution in [2.24, 2.45) is 0 Å². The highest BCUT2D eigenvalue weighted by Gasteiger charge is 2.64. The van der Waals surface area contributed by atoms with Crippen LogP contribution in [0.4, 0.5) is 24.9 Å². The summed E-state index contributed by atoms with van der Waals surface area (Å²) in [5, 5.41) is 15.9. The molecule has 4 rings (SSSR count). The number of imidazole rings is 1. The van der Waals surface area contributed by atoms with Crippen molar-refractivity contribution in [1.82, 2.24) is 24.6 Å². The van der Waals surface area contributed by atoms with Gasteiger partial charge in [-0.3, -0.25) is 13.9 Å². The Morgan fingerprint density at radius 2 is 1.95 bits per heavy atom. The second kappa shape index (κ2) is 12.4. The van der Waals surface area contributed by atoms with Gasteiger partial charge in [0.05, 0.1) is 19.0 Å². The minimum atomic E-state index is -4.49. The molecule has 2 aromatic heterocycles. The zero-order chi connectivity index (χ0) is 30.8. The maximum Gasteiger partial charge on any atom is 0.459 e. The molecule has 230 valence electrons. The topological polar surface area (TPSA) is 185 Å². The number of halogens is 3. The van der Waals surface area contributed by atoms with Crippen molar-refractivity contribution >= 4 is 36.6 Å². The molecule has 6 atom stereocenters. The van der Waals surface area contributed by atoms with E-state index in [1.807, 2.05) is 0 Å². The number of nitrogens with zero attached hydrogens (tertiary/aromatic N) is 4. The van der Waals surface area contributed by atoms with E-state index in [1.54, 1.807) is 32.0 Å². The van der Waals surface area contributed by atoms with Gasteiger partial charge >= 0.3 is 13.7 Å². The van der Waals surface area contributed by atoms with Crippen LogP contribution in [0.3, 0.4) is 0 Å². The molecule has 0 amide bonds. The molecule has 0 bridgehead atoms. The highest BCUT2D eigenvalue weighted by molar-refractivity contribution is 7.52. The zero-order valence-corrected chi connectivity index (χ0v) is 23.9. The van der Waals surface area contributed by atoms with E-state index in [2.05, 4.69) is 25.4 Å². The van der Waals surface area contributed by atoms with Crippen LogP contribution in [-0.4, -0.2) is 80.7 Å². The first-order chi connectivity index (χ1) is 19.8. The normalized spacial score (nSPS) is 24.6. The van der Waals surface area contributed by atoms with Gasteiger partial charge in [-0.1, -0.05) is 18.2 Å². The molecule has 0 unspecified atom stereocenters. The van der Waals surface area contributed by atoms with Crippen LogP contribution >= 0.6 is 7.75 Å². The van der Waals surface area contributed by atoms with Crippen LogP contribution in [0, 0.1) is 0 Å². The number of ether oxygens (including phenoxy) is 2. The van der Waals surface area contributed by atoms with Crippen LogP contribution in [0.5, 0.6) is 5.75 Å². The number of aromatic nitrogens is 4. The van der Waals surface area contributed by atoms with Gasteiger partial charge in [-0.2, -0.15) is 15.1 Å². The molecule has 1 aliphatic heterocycles. The molecule has 3 heterocycles. The Kier molecular flexibility index (Phi) is 9.27. The Hall–Kier alpha value is -3.50. The molecule has 1 fully saturated rings. The summed E-state index contributed by atoms with van der Waals surface area (Å²) in [6.45, 7) is 3.68. The molecule has 42 heavy (non-hydrogen) atoms. The number of para-hydroxylation sites is 1. The van der Waals surface area contributed by atoms with Crippen molar-refractivity contribution in [3.63, 3.8) is 0 Å². The molecular weight excluding hydrogens is 586 g/mol. The average molecular weight is 618 g/mol. The number of hydrogen-bond acceptors (Lipinski definition) is 12. The van der Waals surface area contributed by atoms with Crippen molar-refractivity contribution in [2.45, 2.75) is 63.4 Å². The third-order valence-corrected chi connectivity index (χ3v) is 7.83. The molecule has 0 radical (unpaired) electrons. The number of nitrogen functional groups attached to an aromatic ring is 1. The summed E-state index contributed by atoms with van der Waals surface area (Å²) in [5.74, 6) is -0.828. The SMILES string of the molecule is CNc1nc(N)nc2c1ncn2[C@@H]1O[C@H](CO[P@@](=O)(N[C@@H](C)C(=O)OC(C)C)Oc2ccccc2)[C@@H](O)[C@]1(F)C(F)F. The number of esters is 1. The molecule has 1 aromatic carbocycles. The Morgan fingerprint density at radius 1 is 1.26 bits per heavy atom. The third-order valence-electron chi connectivity index (χ3n) is 6.19. The number of alkyl halides is 3. The first kappa shape index (κ1) is 31.4. The van der Waals surface area contributed by atoms with Crippen molar-refractivity contribution in [2.75, 3.05) is 24.7 Å². The van der Waals surface area contributed by atoms with Gasteiger partial charge < -0.3 is 30.2 Å². The lowest BCUT2D eigenvalue weighted by Crippen LogP contribution is -2.49. The number of hydrogen-bond donors (Lipinski definition) is 4. The van der Waals surface area contributed by atoms with E-state index in [4.69, 9.17) is 24.3 Å². The minimum Gasteiger partial charge on any atom is -0.462 e. The fourth-order valence-corrected chi connectivity index (χ4v) is 5.71. The summed E-state index contributed by atoms with van der Waals surface area (Å²) in [6, 6.07) is 6.51. The number of fused-ring (bicyclic) bond motifs is 1. The van der Waals surface area contributed by atoms with Crippen LogP contribution in [0.25, 0.3) is 11.2 Å². The molecule has 1 aliphatic rings. The van der Waals surface area contributed by atoms with Crippen LogP contribution in [-0.2, 0) is 23.4 Å². The number of carbonyl (C=O) groups excluding carboxylic acids is 1. The number of benzene rings is 1. The smallest absolute Gasteiger partial charge is 0.459 e. The quantitative estimate of drug-likeness (QED) is 0.172. The predicted molar refractivity (Wildman–Crippen MR) is 143 cm³/mol.